The van der Waals surface area contributed by atoms with Gasteiger partial charge < -0.3 is 19.3 Å². The van der Waals surface area contributed by atoms with Crippen molar-refractivity contribution in [1.29, 1.82) is 0 Å². The first-order chi connectivity index (χ1) is 17.9. The molecule has 8 nitrogen and oxygen atoms in total. The van der Waals surface area contributed by atoms with Gasteiger partial charge in [0.15, 0.2) is 0 Å². The van der Waals surface area contributed by atoms with Crippen LogP contribution in [0.1, 0.15) is 39.5 Å². The summed E-state index contributed by atoms with van der Waals surface area (Å²) in [6, 6.07) is 17.5. The van der Waals surface area contributed by atoms with E-state index in [0.717, 1.165) is 24.2 Å². The fraction of sp³-hybridized carbons (Fsp3) is 0.207. The van der Waals surface area contributed by atoms with Gasteiger partial charge >= 0.3 is 5.97 Å². The Morgan fingerprint density at radius 2 is 1.73 bits per heavy atom. The number of methoxy groups -OCH3 is 2. The fourth-order valence-electron chi connectivity index (χ4n) is 4.82. The van der Waals surface area contributed by atoms with E-state index in [1.165, 1.54) is 31.3 Å². The van der Waals surface area contributed by atoms with Crippen molar-refractivity contribution in [2.75, 3.05) is 25.7 Å². The van der Waals surface area contributed by atoms with E-state index in [1.54, 1.807) is 54.6 Å². The van der Waals surface area contributed by atoms with Crippen molar-refractivity contribution in [3.8, 4) is 11.5 Å². The molecule has 3 aromatic carbocycles. The zero-order chi connectivity index (χ0) is 26.1. The van der Waals surface area contributed by atoms with Crippen molar-refractivity contribution < 1.29 is 33.7 Å². The number of hydrogen-bond donors (Lipinski definition) is 1. The number of rotatable bonds is 5. The van der Waals surface area contributed by atoms with Crippen molar-refractivity contribution in [3.05, 3.63) is 94.6 Å². The lowest BCUT2D eigenvalue weighted by Gasteiger charge is -2.27. The second kappa shape index (κ2) is 9.81. The number of amides is 1. The van der Waals surface area contributed by atoms with Crippen LogP contribution in [-0.2, 0) is 20.7 Å². The number of ether oxygens (including phenoxy) is 3. The van der Waals surface area contributed by atoms with Gasteiger partial charge in [-0.2, -0.15) is 0 Å². The van der Waals surface area contributed by atoms with E-state index < -0.39 is 23.7 Å². The molecule has 0 bridgehead atoms. The zero-order valence-electron chi connectivity index (χ0n) is 20.4. The minimum Gasteiger partial charge on any atom is -0.507 e. The van der Waals surface area contributed by atoms with Crippen molar-refractivity contribution in [1.82, 2.24) is 0 Å². The Hall–Kier alpha value is -4.59. The summed E-state index contributed by atoms with van der Waals surface area (Å²) in [5, 5.41) is 11.5. The molecule has 1 unspecified atom stereocenters. The van der Waals surface area contributed by atoms with Gasteiger partial charge in [0.05, 0.1) is 38.0 Å². The third-order valence-electron chi connectivity index (χ3n) is 6.63. The van der Waals surface area contributed by atoms with E-state index in [2.05, 4.69) is 0 Å². The van der Waals surface area contributed by atoms with Crippen LogP contribution in [0.25, 0.3) is 5.76 Å². The predicted molar refractivity (Wildman–Crippen MR) is 136 cm³/mol. The average molecular weight is 500 g/mol. The normalized spacial score (nSPS) is 18.2. The number of ketones is 1. The van der Waals surface area contributed by atoms with Crippen LogP contribution >= 0.6 is 0 Å². The molecular formula is C29H25NO7. The maximum Gasteiger partial charge on any atom is 0.337 e. The third-order valence-corrected chi connectivity index (χ3v) is 6.63. The molecule has 188 valence electrons. The van der Waals surface area contributed by atoms with Gasteiger partial charge in [-0.05, 0) is 66.9 Å². The maximum absolute atomic E-state index is 13.4. The molecule has 8 heteroatoms. The number of carbonyl (C=O) groups excluding carboxylic acids is 3. The van der Waals surface area contributed by atoms with Gasteiger partial charge in [0, 0.05) is 16.8 Å². The summed E-state index contributed by atoms with van der Waals surface area (Å²) in [4.78, 5) is 40.1. The third kappa shape index (κ3) is 4.20. The number of benzene rings is 3. The van der Waals surface area contributed by atoms with Crippen molar-refractivity contribution in [3.63, 3.8) is 0 Å². The van der Waals surface area contributed by atoms with Crippen LogP contribution in [0.4, 0.5) is 5.69 Å². The molecule has 1 saturated heterocycles. The van der Waals surface area contributed by atoms with Gasteiger partial charge in [0.1, 0.15) is 17.3 Å². The fourth-order valence-corrected chi connectivity index (χ4v) is 4.82. The van der Waals surface area contributed by atoms with Gasteiger partial charge in [-0.25, -0.2) is 4.79 Å². The first-order valence-corrected chi connectivity index (χ1v) is 11.8. The summed E-state index contributed by atoms with van der Waals surface area (Å²) >= 11 is 0. The van der Waals surface area contributed by atoms with E-state index in [-0.39, 0.29) is 11.3 Å². The second-order valence-electron chi connectivity index (χ2n) is 8.72. The van der Waals surface area contributed by atoms with E-state index >= 15 is 0 Å². The lowest BCUT2D eigenvalue weighted by Crippen LogP contribution is -2.29. The predicted octanol–water partition coefficient (Wildman–Crippen LogP) is 4.43. The number of carbonyl (C=O) groups is 3. The highest BCUT2D eigenvalue weighted by molar-refractivity contribution is 6.51. The Labute approximate surface area is 213 Å². The molecule has 37 heavy (non-hydrogen) atoms. The van der Waals surface area contributed by atoms with Crippen LogP contribution in [0.2, 0.25) is 0 Å². The first-order valence-electron chi connectivity index (χ1n) is 11.8. The SMILES string of the molecule is COC(=O)c1ccc(N2C(=O)C(=O)/C(=C(/O)c3ccc4c(c3)CCCO4)C2c2ccccc2OC)cc1. The summed E-state index contributed by atoms with van der Waals surface area (Å²) in [6.45, 7) is 0.631. The molecule has 1 fully saturated rings. The van der Waals surface area contributed by atoms with Gasteiger partial charge in [0.25, 0.3) is 11.7 Å². The van der Waals surface area contributed by atoms with Crippen LogP contribution in [0, 0.1) is 0 Å². The highest BCUT2D eigenvalue weighted by Gasteiger charge is 2.48. The lowest BCUT2D eigenvalue weighted by atomic mass is 9.93. The number of aryl methyl sites for hydroxylation is 1. The van der Waals surface area contributed by atoms with E-state index in [4.69, 9.17) is 14.2 Å². The topological polar surface area (TPSA) is 102 Å². The summed E-state index contributed by atoms with van der Waals surface area (Å²) < 4.78 is 16.0. The summed E-state index contributed by atoms with van der Waals surface area (Å²) in [7, 11) is 2.78. The van der Waals surface area contributed by atoms with E-state index in [9.17, 15) is 19.5 Å². The highest BCUT2D eigenvalue weighted by Crippen LogP contribution is 2.45. The molecule has 5 rings (SSSR count). The Bertz CT molecular complexity index is 1420. The minimum absolute atomic E-state index is 0.0526. The Morgan fingerprint density at radius 1 is 1.00 bits per heavy atom. The van der Waals surface area contributed by atoms with Gasteiger partial charge in [-0.15, -0.1) is 0 Å². The van der Waals surface area contributed by atoms with Crippen LogP contribution in [0.3, 0.4) is 0 Å². The first kappa shape index (κ1) is 24.1. The minimum atomic E-state index is -0.965. The monoisotopic (exact) mass is 499 g/mol. The number of Topliss-reactive ketones (excluding diaryl/α,β-unsaturated/α-hetero) is 1. The number of esters is 1. The smallest absolute Gasteiger partial charge is 0.337 e. The largest absolute Gasteiger partial charge is 0.507 e. The number of fused-ring (bicyclic) bond motifs is 1. The lowest BCUT2D eigenvalue weighted by molar-refractivity contribution is -0.132. The molecule has 2 aliphatic heterocycles. The van der Waals surface area contributed by atoms with Gasteiger partial charge in [-0.3, -0.25) is 14.5 Å². The van der Waals surface area contributed by atoms with Crippen molar-refractivity contribution >= 4 is 29.1 Å². The van der Waals surface area contributed by atoms with Gasteiger partial charge in [-0.1, -0.05) is 18.2 Å². The summed E-state index contributed by atoms with van der Waals surface area (Å²) in [5.41, 5.74) is 2.50. The average Bonchev–Trinajstić information content (AvgIpc) is 3.21. The number of nitrogens with zero attached hydrogens (tertiary/aromatic N) is 1. The number of para-hydroxylation sites is 1. The molecule has 0 spiro atoms. The Kier molecular flexibility index (Phi) is 6.40. The number of aliphatic hydroxyl groups excluding tert-OH is 1. The van der Waals surface area contributed by atoms with E-state index in [0.29, 0.717) is 34.7 Å². The van der Waals surface area contributed by atoms with Crippen LogP contribution in [0.5, 0.6) is 11.5 Å². The Morgan fingerprint density at radius 3 is 2.46 bits per heavy atom. The van der Waals surface area contributed by atoms with Crippen LogP contribution in [0.15, 0.2) is 72.3 Å². The quantitative estimate of drug-likeness (QED) is 0.240. The zero-order valence-corrected chi connectivity index (χ0v) is 20.4. The molecule has 0 aromatic heterocycles. The van der Waals surface area contributed by atoms with Crippen molar-refractivity contribution in [2.45, 2.75) is 18.9 Å². The Balaban J connectivity index is 1.68. The highest BCUT2D eigenvalue weighted by atomic mass is 16.5. The standard InChI is InChI=1S/C29H25NO7/c1-35-23-8-4-3-7-21(23)25-24(26(31)19-11-14-22-18(16-19)6-5-15-37-22)27(32)28(33)30(25)20-12-9-17(10-13-20)29(34)36-2/h3-4,7-14,16,25,31H,5-6,15H2,1-2H3/b26-24+. The summed E-state index contributed by atoms with van der Waals surface area (Å²) in [5.74, 6) is -1.22. The molecule has 0 radical (unpaired) electrons. The molecule has 0 saturated carbocycles. The second-order valence-corrected chi connectivity index (χ2v) is 8.72. The molecule has 1 atom stereocenters. The van der Waals surface area contributed by atoms with Crippen molar-refractivity contribution in [2.24, 2.45) is 0 Å². The molecule has 2 aliphatic rings. The molecule has 2 heterocycles. The molecule has 0 aliphatic carbocycles. The van der Waals surface area contributed by atoms with Crippen LogP contribution in [-0.4, -0.2) is 43.6 Å². The molecule has 1 N–H and O–H groups in total. The number of anilines is 1. The number of aliphatic hydroxyl groups is 1. The maximum atomic E-state index is 13.4. The van der Waals surface area contributed by atoms with E-state index in [1.807, 2.05) is 0 Å². The summed E-state index contributed by atoms with van der Waals surface area (Å²) in [6.07, 6.45) is 1.64. The molecular weight excluding hydrogens is 474 g/mol. The molecule has 1 amide bonds. The number of hydrogen-bond acceptors (Lipinski definition) is 7. The van der Waals surface area contributed by atoms with Crippen LogP contribution < -0.4 is 14.4 Å². The van der Waals surface area contributed by atoms with Gasteiger partial charge in [0.2, 0.25) is 0 Å². The molecule has 3 aromatic rings.